The molecule has 162 valence electrons. The van der Waals surface area contributed by atoms with E-state index in [-0.39, 0.29) is 24.0 Å². The number of nitrogens with one attached hydrogen (secondary N) is 2. The fourth-order valence-electron chi connectivity index (χ4n) is 3.15. The van der Waals surface area contributed by atoms with Crippen LogP contribution in [-0.4, -0.2) is 80.8 Å². The molecule has 1 aromatic heterocycles. The number of ether oxygens (including phenoxy) is 1. The molecule has 2 N–H and O–H groups in total. The molecule has 1 atom stereocenters. The van der Waals surface area contributed by atoms with Crippen LogP contribution in [0.1, 0.15) is 33.0 Å². The van der Waals surface area contributed by atoms with E-state index in [0.29, 0.717) is 19.3 Å². The predicted molar refractivity (Wildman–Crippen MR) is 126 cm³/mol. The number of guanidine groups is 1. The van der Waals surface area contributed by atoms with E-state index in [2.05, 4.69) is 41.2 Å². The van der Waals surface area contributed by atoms with Crippen LogP contribution in [0.4, 0.5) is 0 Å². The van der Waals surface area contributed by atoms with Crippen LogP contribution in [-0.2, 0) is 11.3 Å². The highest BCUT2D eigenvalue weighted by atomic mass is 127. The van der Waals surface area contributed by atoms with Gasteiger partial charge in [0.15, 0.2) is 5.96 Å². The number of hydrogen-bond donors (Lipinski definition) is 2. The van der Waals surface area contributed by atoms with Crippen LogP contribution in [0.2, 0.25) is 0 Å². The molecule has 8 heteroatoms. The van der Waals surface area contributed by atoms with Crippen molar-refractivity contribution in [2.24, 2.45) is 4.99 Å². The maximum absolute atomic E-state index is 5.61. The average Bonchev–Trinajstić information content (AvgIpc) is 3.22. The molecule has 1 saturated heterocycles. The van der Waals surface area contributed by atoms with Crippen LogP contribution in [0, 0.1) is 0 Å². The molecule has 2 rings (SSSR count). The number of halogens is 1. The van der Waals surface area contributed by atoms with E-state index in [9.17, 15) is 0 Å². The summed E-state index contributed by atoms with van der Waals surface area (Å²) in [4.78, 5) is 9.82. The molecular weight excluding hydrogens is 469 g/mol. The summed E-state index contributed by atoms with van der Waals surface area (Å²) in [6.45, 7) is 16.1. The third-order valence-electron chi connectivity index (χ3n) is 4.92. The Labute approximate surface area is 187 Å². The van der Waals surface area contributed by atoms with E-state index in [4.69, 9.17) is 14.1 Å². The molecule has 0 radical (unpaired) electrons. The summed E-state index contributed by atoms with van der Waals surface area (Å²) in [6, 6.07) is 4.28. The standard InChI is InChI=1S/C20H37N5O2.HI/c1-4-21-20(22-9-7-14-26-17-19-8-6-15-27-19)23-16-18(3)25-12-10-24(5-2)11-13-25;/h6,8,15,18H,4-5,7,9-14,16-17H2,1-3H3,(H2,21,22,23);1H. The smallest absolute Gasteiger partial charge is 0.191 e. The summed E-state index contributed by atoms with van der Waals surface area (Å²) in [6.07, 6.45) is 2.60. The molecular formula is C20H38IN5O2. The highest BCUT2D eigenvalue weighted by molar-refractivity contribution is 14.0. The molecule has 1 aliphatic heterocycles. The molecule has 7 nitrogen and oxygen atoms in total. The lowest BCUT2D eigenvalue weighted by molar-refractivity contribution is 0.105. The summed E-state index contributed by atoms with van der Waals surface area (Å²) in [5, 5.41) is 6.72. The van der Waals surface area contributed by atoms with Gasteiger partial charge in [-0.25, -0.2) is 0 Å². The van der Waals surface area contributed by atoms with Crippen LogP contribution in [0.3, 0.4) is 0 Å². The molecule has 1 aliphatic rings. The molecule has 0 saturated carbocycles. The second kappa shape index (κ2) is 15.1. The van der Waals surface area contributed by atoms with Crippen molar-refractivity contribution in [2.75, 3.05) is 59.0 Å². The third kappa shape index (κ3) is 9.58. The van der Waals surface area contributed by atoms with Crippen molar-refractivity contribution in [3.05, 3.63) is 24.2 Å². The SMILES string of the molecule is CCNC(=NCC(C)N1CCN(CC)CC1)NCCCOCc1ccco1.I. The number of nitrogens with zero attached hydrogens (tertiary/aromatic N) is 3. The van der Waals surface area contributed by atoms with Crippen molar-refractivity contribution in [3.8, 4) is 0 Å². The first-order valence-electron chi connectivity index (χ1n) is 10.3. The van der Waals surface area contributed by atoms with E-state index in [1.54, 1.807) is 6.26 Å². The number of rotatable bonds is 11. The van der Waals surface area contributed by atoms with E-state index in [0.717, 1.165) is 57.4 Å². The van der Waals surface area contributed by atoms with Gasteiger partial charge in [-0.1, -0.05) is 6.92 Å². The maximum atomic E-state index is 5.61. The summed E-state index contributed by atoms with van der Waals surface area (Å²) < 4.78 is 10.9. The van der Waals surface area contributed by atoms with Crippen LogP contribution < -0.4 is 10.6 Å². The first kappa shape index (κ1) is 25.2. The fourth-order valence-corrected chi connectivity index (χ4v) is 3.15. The van der Waals surface area contributed by atoms with Gasteiger partial charge in [0.25, 0.3) is 0 Å². The van der Waals surface area contributed by atoms with Gasteiger partial charge in [-0.05, 0) is 38.9 Å². The number of likely N-dealkylation sites (N-methyl/N-ethyl adjacent to an activating group) is 1. The summed E-state index contributed by atoms with van der Waals surface area (Å²) in [7, 11) is 0. The van der Waals surface area contributed by atoms with Crippen LogP contribution in [0.15, 0.2) is 27.8 Å². The predicted octanol–water partition coefficient (Wildman–Crippen LogP) is 2.39. The minimum absolute atomic E-state index is 0. The molecule has 0 aliphatic carbocycles. The minimum Gasteiger partial charge on any atom is -0.467 e. The molecule has 1 aromatic rings. The van der Waals surface area contributed by atoms with Crippen LogP contribution in [0.25, 0.3) is 0 Å². The van der Waals surface area contributed by atoms with E-state index in [1.165, 1.54) is 13.1 Å². The second-order valence-corrected chi connectivity index (χ2v) is 6.95. The highest BCUT2D eigenvalue weighted by Crippen LogP contribution is 2.06. The molecule has 0 aromatic carbocycles. The average molecular weight is 507 g/mol. The number of piperazine rings is 1. The number of furan rings is 1. The molecule has 0 spiro atoms. The second-order valence-electron chi connectivity index (χ2n) is 6.95. The first-order chi connectivity index (χ1) is 13.2. The number of hydrogen-bond acceptors (Lipinski definition) is 5. The summed E-state index contributed by atoms with van der Waals surface area (Å²) in [5.41, 5.74) is 0. The van der Waals surface area contributed by atoms with Crippen LogP contribution >= 0.6 is 24.0 Å². The normalized spacial score (nSPS) is 17.2. The zero-order chi connectivity index (χ0) is 19.3. The Morgan fingerprint density at radius 3 is 2.68 bits per heavy atom. The van der Waals surface area contributed by atoms with Gasteiger partial charge in [-0.2, -0.15) is 0 Å². The van der Waals surface area contributed by atoms with Crippen molar-refractivity contribution < 1.29 is 9.15 Å². The van der Waals surface area contributed by atoms with Crippen molar-refractivity contribution in [2.45, 2.75) is 39.8 Å². The van der Waals surface area contributed by atoms with E-state index in [1.807, 2.05) is 12.1 Å². The van der Waals surface area contributed by atoms with Gasteiger partial charge >= 0.3 is 0 Å². The Morgan fingerprint density at radius 1 is 1.25 bits per heavy atom. The van der Waals surface area contributed by atoms with Crippen molar-refractivity contribution in [1.29, 1.82) is 0 Å². The lowest BCUT2D eigenvalue weighted by atomic mass is 10.2. The van der Waals surface area contributed by atoms with Crippen LogP contribution in [0.5, 0.6) is 0 Å². The molecule has 0 amide bonds. The van der Waals surface area contributed by atoms with Gasteiger partial charge in [0.1, 0.15) is 12.4 Å². The van der Waals surface area contributed by atoms with Gasteiger partial charge in [-0.3, -0.25) is 9.89 Å². The molecule has 2 heterocycles. The Bertz CT molecular complexity index is 519. The summed E-state index contributed by atoms with van der Waals surface area (Å²) in [5.74, 6) is 1.76. The minimum atomic E-state index is 0. The molecule has 28 heavy (non-hydrogen) atoms. The zero-order valence-corrected chi connectivity index (χ0v) is 20.0. The Morgan fingerprint density at radius 2 is 2.04 bits per heavy atom. The van der Waals surface area contributed by atoms with Crippen molar-refractivity contribution >= 4 is 29.9 Å². The monoisotopic (exact) mass is 507 g/mol. The quantitative estimate of drug-likeness (QED) is 0.208. The largest absolute Gasteiger partial charge is 0.467 e. The first-order valence-corrected chi connectivity index (χ1v) is 10.3. The van der Waals surface area contributed by atoms with E-state index >= 15 is 0 Å². The topological polar surface area (TPSA) is 65.3 Å². The van der Waals surface area contributed by atoms with Gasteiger partial charge in [0, 0.05) is 51.9 Å². The lowest BCUT2D eigenvalue weighted by Crippen LogP contribution is -2.50. The highest BCUT2D eigenvalue weighted by Gasteiger charge is 2.19. The molecule has 0 bridgehead atoms. The Balaban J connectivity index is 0.00000392. The Kier molecular flexibility index (Phi) is 13.6. The number of aliphatic imine (C=N–C) groups is 1. The maximum Gasteiger partial charge on any atom is 0.191 e. The summed E-state index contributed by atoms with van der Waals surface area (Å²) >= 11 is 0. The molecule has 1 fully saturated rings. The van der Waals surface area contributed by atoms with Gasteiger partial charge in [0.2, 0.25) is 0 Å². The Hall–Kier alpha value is -0.840. The van der Waals surface area contributed by atoms with E-state index < -0.39 is 0 Å². The van der Waals surface area contributed by atoms with Gasteiger partial charge < -0.3 is 24.7 Å². The zero-order valence-electron chi connectivity index (χ0n) is 17.7. The van der Waals surface area contributed by atoms with Gasteiger partial charge in [0.05, 0.1) is 12.8 Å². The molecule has 1 unspecified atom stereocenters. The van der Waals surface area contributed by atoms with Crippen molar-refractivity contribution in [3.63, 3.8) is 0 Å². The van der Waals surface area contributed by atoms with Gasteiger partial charge in [-0.15, -0.1) is 24.0 Å². The van der Waals surface area contributed by atoms with Crippen molar-refractivity contribution in [1.82, 2.24) is 20.4 Å². The fraction of sp³-hybridized carbons (Fsp3) is 0.750. The lowest BCUT2D eigenvalue weighted by Gasteiger charge is -2.37. The third-order valence-corrected chi connectivity index (χ3v) is 4.92.